The highest BCUT2D eigenvalue weighted by Gasteiger charge is 2.15. The fourth-order valence-electron chi connectivity index (χ4n) is 1.19. The SMILES string of the molecule is CC(C)N(C(C)C)S(C)=O. The summed E-state index contributed by atoms with van der Waals surface area (Å²) in [5.74, 6) is 0. The third kappa shape index (κ3) is 2.80. The molecule has 0 saturated carbocycles. The minimum absolute atomic E-state index is 0.367. The van der Waals surface area contributed by atoms with Gasteiger partial charge in [0.2, 0.25) is 0 Å². The maximum atomic E-state index is 11.1. The van der Waals surface area contributed by atoms with Crippen molar-refractivity contribution in [3.8, 4) is 0 Å². The van der Waals surface area contributed by atoms with Crippen molar-refractivity contribution in [1.29, 1.82) is 0 Å². The van der Waals surface area contributed by atoms with E-state index in [0.29, 0.717) is 12.1 Å². The fraction of sp³-hybridized carbons (Fsp3) is 1.00. The lowest BCUT2D eigenvalue weighted by Crippen LogP contribution is -2.37. The van der Waals surface area contributed by atoms with Crippen molar-refractivity contribution in [3.05, 3.63) is 0 Å². The van der Waals surface area contributed by atoms with Crippen LogP contribution in [-0.2, 0) is 11.0 Å². The van der Waals surface area contributed by atoms with Crippen LogP contribution in [0.5, 0.6) is 0 Å². The molecule has 0 fully saturated rings. The van der Waals surface area contributed by atoms with Crippen molar-refractivity contribution in [2.75, 3.05) is 6.26 Å². The first kappa shape index (κ1) is 10.1. The number of nitrogens with zero attached hydrogens (tertiary/aromatic N) is 1. The summed E-state index contributed by atoms with van der Waals surface area (Å²) in [5, 5.41) is 0. The molecule has 0 aliphatic heterocycles. The van der Waals surface area contributed by atoms with E-state index in [9.17, 15) is 4.21 Å². The van der Waals surface area contributed by atoms with Crippen LogP contribution >= 0.6 is 0 Å². The normalized spacial score (nSPS) is 15.2. The molecule has 0 aromatic heterocycles. The van der Waals surface area contributed by atoms with Crippen LogP contribution in [0.25, 0.3) is 0 Å². The number of hydrogen-bond acceptors (Lipinski definition) is 1. The Morgan fingerprint density at radius 1 is 1.10 bits per heavy atom. The Kier molecular flexibility index (Phi) is 4.13. The molecule has 2 nitrogen and oxygen atoms in total. The molecule has 62 valence electrons. The second kappa shape index (κ2) is 4.09. The maximum absolute atomic E-state index is 11.1. The van der Waals surface area contributed by atoms with Crippen LogP contribution in [0.15, 0.2) is 0 Å². The van der Waals surface area contributed by atoms with E-state index in [0.717, 1.165) is 0 Å². The minimum Gasteiger partial charge on any atom is -0.243 e. The molecule has 0 radical (unpaired) electrons. The second-order valence-corrected chi connectivity index (χ2v) is 4.24. The number of hydrogen-bond donors (Lipinski definition) is 0. The van der Waals surface area contributed by atoms with Gasteiger partial charge in [-0.15, -0.1) is 0 Å². The third-order valence-corrected chi connectivity index (χ3v) is 2.75. The van der Waals surface area contributed by atoms with E-state index in [1.807, 2.05) is 4.31 Å². The molecule has 0 bridgehead atoms. The predicted molar refractivity (Wildman–Crippen MR) is 46.2 cm³/mol. The zero-order valence-electron chi connectivity index (χ0n) is 7.42. The Bertz CT molecular complexity index is 115. The van der Waals surface area contributed by atoms with Gasteiger partial charge in [-0.2, -0.15) is 0 Å². The van der Waals surface area contributed by atoms with Gasteiger partial charge in [0, 0.05) is 18.3 Å². The van der Waals surface area contributed by atoms with E-state index in [1.165, 1.54) is 0 Å². The van der Waals surface area contributed by atoms with E-state index < -0.39 is 11.0 Å². The molecule has 0 aromatic carbocycles. The van der Waals surface area contributed by atoms with E-state index >= 15 is 0 Å². The van der Waals surface area contributed by atoms with Crippen molar-refractivity contribution in [3.63, 3.8) is 0 Å². The Hall–Kier alpha value is 0.110. The average Bonchev–Trinajstić information content (AvgIpc) is 1.59. The molecule has 0 aliphatic rings. The first-order valence-corrected chi connectivity index (χ1v) is 5.10. The highest BCUT2D eigenvalue weighted by atomic mass is 32.2. The summed E-state index contributed by atoms with van der Waals surface area (Å²) in [6.07, 6.45) is 1.72. The Balaban J connectivity index is 4.12. The smallest absolute Gasteiger partial charge is 0.0915 e. The Morgan fingerprint density at radius 3 is 1.40 bits per heavy atom. The third-order valence-electron chi connectivity index (χ3n) is 1.31. The molecule has 0 aromatic rings. The highest BCUT2D eigenvalue weighted by molar-refractivity contribution is 7.81. The summed E-state index contributed by atoms with van der Waals surface area (Å²) in [7, 11) is -0.830. The molecular weight excluding hydrogens is 146 g/mol. The Labute approximate surface area is 66.2 Å². The van der Waals surface area contributed by atoms with Crippen LogP contribution in [0.2, 0.25) is 0 Å². The van der Waals surface area contributed by atoms with Crippen LogP contribution in [0.1, 0.15) is 27.7 Å². The van der Waals surface area contributed by atoms with Gasteiger partial charge in [-0.1, -0.05) is 0 Å². The van der Waals surface area contributed by atoms with Crippen molar-refractivity contribution in [2.45, 2.75) is 39.8 Å². The van der Waals surface area contributed by atoms with Crippen LogP contribution in [0.3, 0.4) is 0 Å². The average molecular weight is 163 g/mol. The summed E-state index contributed by atoms with van der Waals surface area (Å²) < 4.78 is 13.0. The molecule has 1 unspecified atom stereocenters. The van der Waals surface area contributed by atoms with Crippen LogP contribution in [-0.4, -0.2) is 26.9 Å². The molecule has 0 aliphatic carbocycles. The summed E-state index contributed by atoms with van der Waals surface area (Å²) >= 11 is 0. The van der Waals surface area contributed by atoms with Gasteiger partial charge in [0.15, 0.2) is 0 Å². The largest absolute Gasteiger partial charge is 0.243 e. The summed E-state index contributed by atoms with van der Waals surface area (Å²) in [6.45, 7) is 8.23. The van der Waals surface area contributed by atoms with Crippen molar-refractivity contribution in [2.24, 2.45) is 0 Å². The van der Waals surface area contributed by atoms with E-state index in [4.69, 9.17) is 0 Å². The van der Waals surface area contributed by atoms with Gasteiger partial charge < -0.3 is 0 Å². The summed E-state index contributed by atoms with van der Waals surface area (Å²) in [6, 6.07) is 0.733. The topological polar surface area (TPSA) is 20.3 Å². The zero-order chi connectivity index (χ0) is 8.31. The minimum atomic E-state index is -0.830. The molecule has 0 heterocycles. The standard InChI is InChI=1S/C7H17NOS/c1-6(2)8(7(3)4)10(5)9/h6-7H,1-5H3. The highest BCUT2D eigenvalue weighted by Crippen LogP contribution is 2.06. The number of rotatable bonds is 3. The van der Waals surface area contributed by atoms with Gasteiger partial charge in [-0.25, -0.2) is 8.51 Å². The van der Waals surface area contributed by atoms with Gasteiger partial charge in [-0.05, 0) is 27.7 Å². The van der Waals surface area contributed by atoms with E-state index in [-0.39, 0.29) is 0 Å². The molecule has 0 saturated heterocycles. The molecule has 3 heteroatoms. The quantitative estimate of drug-likeness (QED) is 0.616. The molecular formula is C7H17NOS. The monoisotopic (exact) mass is 163 g/mol. The van der Waals surface area contributed by atoms with E-state index in [1.54, 1.807) is 6.26 Å². The second-order valence-electron chi connectivity index (χ2n) is 2.97. The first-order chi connectivity index (χ1) is 4.46. The van der Waals surface area contributed by atoms with Gasteiger partial charge in [0.25, 0.3) is 0 Å². The van der Waals surface area contributed by atoms with Crippen LogP contribution in [0, 0.1) is 0 Å². The Morgan fingerprint density at radius 2 is 1.40 bits per heavy atom. The van der Waals surface area contributed by atoms with Crippen LogP contribution < -0.4 is 0 Å². The predicted octanol–water partition coefficient (Wildman–Crippen LogP) is 1.40. The van der Waals surface area contributed by atoms with E-state index in [2.05, 4.69) is 27.7 Å². The van der Waals surface area contributed by atoms with Gasteiger partial charge >= 0.3 is 0 Å². The van der Waals surface area contributed by atoms with Crippen LogP contribution in [0.4, 0.5) is 0 Å². The summed E-state index contributed by atoms with van der Waals surface area (Å²) in [5.41, 5.74) is 0. The maximum Gasteiger partial charge on any atom is 0.0915 e. The molecule has 10 heavy (non-hydrogen) atoms. The first-order valence-electron chi connectivity index (χ1n) is 3.58. The van der Waals surface area contributed by atoms with Gasteiger partial charge in [-0.3, -0.25) is 0 Å². The van der Waals surface area contributed by atoms with Crippen molar-refractivity contribution >= 4 is 11.0 Å². The fourth-order valence-corrected chi connectivity index (χ4v) is 2.38. The lowest BCUT2D eigenvalue weighted by molar-refractivity contribution is 0.322. The molecule has 0 spiro atoms. The van der Waals surface area contributed by atoms with Crippen molar-refractivity contribution < 1.29 is 4.21 Å². The molecule has 0 amide bonds. The molecule has 0 N–H and O–H groups in total. The molecule has 1 atom stereocenters. The lowest BCUT2D eigenvalue weighted by atomic mass is 10.3. The van der Waals surface area contributed by atoms with Crippen molar-refractivity contribution in [1.82, 2.24) is 4.31 Å². The van der Waals surface area contributed by atoms with Gasteiger partial charge in [0.05, 0.1) is 11.0 Å². The van der Waals surface area contributed by atoms with Gasteiger partial charge in [0.1, 0.15) is 0 Å². The summed E-state index contributed by atoms with van der Waals surface area (Å²) in [4.78, 5) is 0. The lowest BCUT2D eigenvalue weighted by Gasteiger charge is -2.26. The molecule has 0 rings (SSSR count). The zero-order valence-corrected chi connectivity index (χ0v) is 8.23.